The van der Waals surface area contributed by atoms with Crippen LogP contribution in [0.2, 0.25) is 0 Å². The molecule has 0 fully saturated rings. The smallest absolute Gasteiger partial charge is 0.251 e. The topological polar surface area (TPSA) is 75.3 Å². The lowest BCUT2D eigenvalue weighted by atomic mass is 9.96. The molecule has 2 rings (SSSR count). The minimum absolute atomic E-state index is 0.124. The number of benzene rings is 2. The van der Waals surface area contributed by atoms with E-state index in [9.17, 15) is 13.2 Å². The fourth-order valence-electron chi connectivity index (χ4n) is 2.71. The molecule has 2 aromatic rings. The average Bonchev–Trinajstić information content (AvgIpc) is 2.49. The molecular weight excluding hydrogens is 336 g/mol. The van der Waals surface area contributed by atoms with E-state index in [-0.39, 0.29) is 11.9 Å². The Labute approximate surface area is 149 Å². The van der Waals surface area contributed by atoms with Crippen molar-refractivity contribution in [1.82, 2.24) is 5.32 Å². The minimum Gasteiger partial charge on any atom is -0.346 e. The molecule has 1 atom stereocenters. The van der Waals surface area contributed by atoms with Crippen LogP contribution in [0.5, 0.6) is 0 Å². The number of carbonyl (C=O) groups excluding carboxylic acids is 1. The highest BCUT2D eigenvalue weighted by Gasteiger charge is 2.14. The predicted molar refractivity (Wildman–Crippen MR) is 101 cm³/mol. The van der Waals surface area contributed by atoms with Crippen LogP contribution in [-0.4, -0.2) is 20.6 Å². The molecule has 0 radical (unpaired) electrons. The van der Waals surface area contributed by atoms with Crippen molar-refractivity contribution in [3.63, 3.8) is 0 Å². The zero-order valence-corrected chi connectivity index (χ0v) is 16.0. The first-order chi connectivity index (χ1) is 11.6. The van der Waals surface area contributed by atoms with Crippen LogP contribution in [0, 0.1) is 20.8 Å². The Morgan fingerprint density at radius 2 is 1.52 bits per heavy atom. The number of anilines is 1. The SMILES string of the molecule is Cc1cc(C)c([C@@H](C)NC(=O)c2ccc(NS(C)(=O)=O)cc2)cc1C. The van der Waals surface area contributed by atoms with E-state index in [1.54, 1.807) is 24.3 Å². The minimum atomic E-state index is -3.33. The van der Waals surface area contributed by atoms with E-state index in [0.29, 0.717) is 11.3 Å². The first-order valence-electron chi connectivity index (χ1n) is 8.03. The van der Waals surface area contributed by atoms with Crippen LogP contribution in [0.15, 0.2) is 36.4 Å². The second-order valence-corrected chi connectivity index (χ2v) is 8.19. The maximum Gasteiger partial charge on any atom is 0.251 e. The van der Waals surface area contributed by atoms with Gasteiger partial charge in [-0.05, 0) is 74.2 Å². The Morgan fingerprint density at radius 3 is 2.08 bits per heavy atom. The maximum absolute atomic E-state index is 12.4. The van der Waals surface area contributed by atoms with E-state index in [2.05, 4.69) is 36.0 Å². The monoisotopic (exact) mass is 360 g/mol. The van der Waals surface area contributed by atoms with Crippen LogP contribution in [0.3, 0.4) is 0 Å². The van der Waals surface area contributed by atoms with E-state index in [0.717, 1.165) is 17.4 Å². The van der Waals surface area contributed by atoms with E-state index in [1.807, 2.05) is 13.8 Å². The summed E-state index contributed by atoms with van der Waals surface area (Å²) in [5.74, 6) is -0.198. The maximum atomic E-state index is 12.4. The average molecular weight is 360 g/mol. The Hall–Kier alpha value is -2.34. The molecule has 134 valence electrons. The number of hydrogen-bond donors (Lipinski definition) is 2. The molecule has 0 aromatic heterocycles. The number of aryl methyl sites for hydroxylation is 3. The molecular formula is C19H24N2O3S. The summed E-state index contributed by atoms with van der Waals surface area (Å²) >= 11 is 0. The number of hydrogen-bond acceptors (Lipinski definition) is 3. The van der Waals surface area contributed by atoms with Crippen LogP contribution in [0.4, 0.5) is 5.69 Å². The normalized spacial score (nSPS) is 12.5. The summed E-state index contributed by atoms with van der Waals surface area (Å²) in [4.78, 5) is 12.4. The van der Waals surface area contributed by atoms with Crippen LogP contribution in [0.1, 0.15) is 45.6 Å². The molecule has 2 aromatic carbocycles. The van der Waals surface area contributed by atoms with Crippen molar-refractivity contribution >= 4 is 21.6 Å². The summed E-state index contributed by atoms with van der Waals surface area (Å²) in [6.45, 7) is 8.12. The van der Waals surface area contributed by atoms with Gasteiger partial charge in [-0.25, -0.2) is 8.42 Å². The van der Waals surface area contributed by atoms with Crippen LogP contribution < -0.4 is 10.0 Å². The Bertz CT molecular complexity index is 888. The van der Waals surface area contributed by atoms with E-state index in [4.69, 9.17) is 0 Å². The Morgan fingerprint density at radius 1 is 0.960 bits per heavy atom. The number of nitrogens with one attached hydrogen (secondary N) is 2. The van der Waals surface area contributed by atoms with E-state index >= 15 is 0 Å². The number of sulfonamides is 1. The molecule has 0 bridgehead atoms. The van der Waals surface area contributed by atoms with Gasteiger partial charge >= 0.3 is 0 Å². The third-order valence-electron chi connectivity index (χ3n) is 4.15. The third-order valence-corrected chi connectivity index (χ3v) is 4.75. The largest absolute Gasteiger partial charge is 0.346 e. The van der Waals surface area contributed by atoms with Gasteiger partial charge in [-0.2, -0.15) is 0 Å². The van der Waals surface area contributed by atoms with Crippen LogP contribution >= 0.6 is 0 Å². The van der Waals surface area contributed by atoms with Crippen molar-refractivity contribution in [2.75, 3.05) is 11.0 Å². The standard InChI is InChI=1S/C19H24N2O3S/c1-12-10-14(3)18(11-13(12)2)15(4)20-19(22)16-6-8-17(9-7-16)21-25(5,23)24/h6-11,15,21H,1-5H3,(H,20,22)/t15-/m1/s1. The Kier molecular flexibility index (Phi) is 5.52. The molecule has 0 aliphatic heterocycles. The highest BCUT2D eigenvalue weighted by atomic mass is 32.2. The molecule has 0 saturated carbocycles. The van der Waals surface area contributed by atoms with E-state index in [1.165, 1.54) is 11.1 Å². The number of carbonyl (C=O) groups is 1. The molecule has 0 saturated heterocycles. The molecule has 0 heterocycles. The summed E-state index contributed by atoms with van der Waals surface area (Å²) in [6, 6.07) is 10.4. The van der Waals surface area contributed by atoms with Crippen molar-refractivity contribution in [2.24, 2.45) is 0 Å². The fourth-order valence-corrected chi connectivity index (χ4v) is 3.28. The van der Waals surface area contributed by atoms with Crippen LogP contribution in [0.25, 0.3) is 0 Å². The lowest BCUT2D eigenvalue weighted by molar-refractivity contribution is 0.0940. The quantitative estimate of drug-likeness (QED) is 0.857. The molecule has 0 aliphatic rings. The summed E-state index contributed by atoms with van der Waals surface area (Å²) in [6.07, 6.45) is 1.08. The van der Waals surface area contributed by atoms with Gasteiger partial charge in [0.2, 0.25) is 10.0 Å². The molecule has 0 spiro atoms. The van der Waals surface area contributed by atoms with E-state index < -0.39 is 10.0 Å². The molecule has 5 nitrogen and oxygen atoms in total. The van der Waals surface area contributed by atoms with Gasteiger partial charge in [0, 0.05) is 11.3 Å². The van der Waals surface area contributed by atoms with Gasteiger partial charge in [-0.1, -0.05) is 12.1 Å². The fraction of sp³-hybridized carbons (Fsp3) is 0.316. The summed E-state index contributed by atoms with van der Waals surface area (Å²) < 4.78 is 24.8. The van der Waals surface area contributed by atoms with Gasteiger partial charge in [-0.15, -0.1) is 0 Å². The predicted octanol–water partition coefficient (Wildman–Crippen LogP) is 3.47. The molecule has 6 heteroatoms. The lowest BCUT2D eigenvalue weighted by Crippen LogP contribution is -2.27. The van der Waals surface area contributed by atoms with Crippen molar-refractivity contribution in [3.05, 3.63) is 64.2 Å². The number of rotatable bonds is 5. The zero-order chi connectivity index (χ0) is 18.8. The molecule has 25 heavy (non-hydrogen) atoms. The molecule has 0 aliphatic carbocycles. The molecule has 2 N–H and O–H groups in total. The summed E-state index contributed by atoms with van der Waals surface area (Å²) in [5, 5.41) is 2.99. The number of amides is 1. The highest BCUT2D eigenvalue weighted by molar-refractivity contribution is 7.92. The van der Waals surface area contributed by atoms with Gasteiger partial charge in [0.15, 0.2) is 0 Å². The van der Waals surface area contributed by atoms with Crippen molar-refractivity contribution in [1.29, 1.82) is 0 Å². The summed E-state index contributed by atoms with van der Waals surface area (Å²) in [5.41, 5.74) is 5.56. The zero-order valence-electron chi connectivity index (χ0n) is 15.2. The van der Waals surface area contributed by atoms with Gasteiger partial charge in [0.05, 0.1) is 12.3 Å². The Balaban J connectivity index is 2.12. The van der Waals surface area contributed by atoms with Crippen molar-refractivity contribution < 1.29 is 13.2 Å². The van der Waals surface area contributed by atoms with Gasteiger partial charge in [-0.3, -0.25) is 9.52 Å². The van der Waals surface area contributed by atoms with Crippen molar-refractivity contribution in [2.45, 2.75) is 33.7 Å². The molecule has 1 amide bonds. The lowest BCUT2D eigenvalue weighted by Gasteiger charge is -2.18. The second kappa shape index (κ2) is 7.27. The third kappa shape index (κ3) is 5.06. The first-order valence-corrected chi connectivity index (χ1v) is 9.92. The van der Waals surface area contributed by atoms with Gasteiger partial charge in [0.1, 0.15) is 0 Å². The highest BCUT2D eigenvalue weighted by Crippen LogP contribution is 2.22. The second-order valence-electron chi connectivity index (χ2n) is 6.44. The molecule has 0 unspecified atom stereocenters. The van der Waals surface area contributed by atoms with Gasteiger partial charge in [0.25, 0.3) is 5.91 Å². The van der Waals surface area contributed by atoms with Gasteiger partial charge < -0.3 is 5.32 Å². The van der Waals surface area contributed by atoms with Crippen LogP contribution in [-0.2, 0) is 10.0 Å². The first kappa shape index (κ1) is 19.0. The summed E-state index contributed by atoms with van der Waals surface area (Å²) in [7, 11) is -3.33. The van der Waals surface area contributed by atoms with Crippen molar-refractivity contribution in [3.8, 4) is 0 Å².